The van der Waals surface area contributed by atoms with E-state index >= 15 is 0 Å². The van der Waals surface area contributed by atoms with Crippen molar-refractivity contribution >= 4 is 16.9 Å². The largest absolute Gasteiger partial charge is 0.484 e. The molecule has 0 aliphatic carbocycles. The Hall–Kier alpha value is -2.62. The number of aliphatic hydroxyl groups is 5. The Balaban J connectivity index is 1.60. The molecule has 2 aliphatic heterocycles. The normalized spacial score (nSPS) is 25.3. The highest BCUT2D eigenvalue weighted by Crippen LogP contribution is 2.42. The second-order valence-electron chi connectivity index (χ2n) is 11.0. The molecule has 0 unspecified atom stereocenters. The summed E-state index contributed by atoms with van der Waals surface area (Å²) in [7, 11) is 1.81. The minimum absolute atomic E-state index is 0.00299. The zero-order valence-corrected chi connectivity index (χ0v) is 23.2. The molecule has 2 aliphatic rings. The van der Waals surface area contributed by atoms with Gasteiger partial charge in [0.1, 0.15) is 59.8 Å². The van der Waals surface area contributed by atoms with Crippen LogP contribution in [-0.4, -0.2) is 101 Å². The summed E-state index contributed by atoms with van der Waals surface area (Å²) >= 11 is 0. The van der Waals surface area contributed by atoms with Crippen molar-refractivity contribution < 1.29 is 49.3 Å². The average molecular weight is 581 g/mol. The summed E-state index contributed by atoms with van der Waals surface area (Å²) in [5.74, 6) is 1.14. The first-order valence-electron chi connectivity index (χ1n) is 13.9. The molecule has 1 amide bonds. The van der Waals surface area contributed by atoms with Gasteiger partial charge in [-0.25, -0.2) is 9.78 Å². The molecule has 41 heavy (non-hydrogen) atoms. The van der Waals surface area contributed by atoms with Crippen molar-refractivity contribution in [3.05, 3.63) is 39.7 Å². The van der Waals surface area contributed by atoms with Crippen LogP contribution in [0.2, 0.25) is 0 Å². The third-order valence-corrected chi connectivity index (χ3v) is 7.92. The summed E-state index contributed by atoms with van der Waals surface area (Å²) in [6.07, 6.45) is -5.25. The lowest BCUT2D eigenvalue weighted by molar-refractivity contribution is -0.362. The molecule has 13 nitrogen and oxygen atoms in total. The number of carbonyl (C=O) groups excluding carboxylic acids is 1. The highest BCUT2D eigenvalue weighted by Gasteiger charge is 2.47. The Kier molecular flexibility index (Phi) is 10.4. The van der Waals surface area contributed by atoms with Crippen molar-refractivity contribution in [3.8, 4) is 5.75 Å². The summed E-state index contributed by atoms with van der Waals surface area (Å²) in [6.45, 7) is 1.48. The van der Waals surface area contributed by atoms with E-state index in [2.05, 4.69) is 10.6 Å². The lowest BCUT2D eigenvalue weighted by atomic mass is 9.79. The van der Waals surface area contributed by atoms with Gasteiger partial charge in [0.05, 0.1) is 12.0 Å². The molecule has 0 bridgehead atoms. The number of nitrogens with one attached hydrogen (secondary N) is 2. The monoisotopic (exact) mass is 580 g/mol. The van der Waals surface area contributed by atoms with Gasteiger partial charge in [-0.05, 0) is 50.9 Å². The standard InChI is InChI=1S/C28H40N2O11/c1-15-7-19(32)18-9-17-10-24(41-38-14-21(34)27(37)26(36)20(33)13-31)28(5-6-29-2,40-22(17)11-23(18)39-15)4-3-16-8-25(35)30-12-16/h7,9,11,16,20-21,24,26-27,29,31,33-34,36-37H,3-6,8,10,12-14H2,1-2H3,(H,30,35)/t16-,20+,21-,24+,26+,27+,28-/m0/s1. The van der Waals surface area contributed by atoms with E-state index in [-0.39, 0.29) is 23.7 Å². The molecular weight excluding hydrogens is 540 g/mol. The lowest BCUT2D eigenvalue weighted by Crippen LogP contribution is -2.54. The van der Waals surface area contributed by atoms with E-state index in [0.29, 0.717) is 66.8 Å². The van der Waals surface area contributed by atoms with Crippen LogP contribution in [0, 0.1) is 12.8 Å². The van der Waals surface area contributed by atoms with E-state index in [1.165, 1.54) is 6.07 Å². The molecule has 13 heteroatoms. The van der Waals surface area contributed by atoms with Gasteiger partial charge in [0, 0.05) is 37.9 Å². The fraction of sp³-hybridized carbons (Fsp3) is 0.643. The molecule has 1 aromatic heterocycles. The highest BCUT2D eigenvalue weighted by atomic mass is 17.2. The third-order valence-electron chi connectivity index (χ3n) is 7.92. The summed E-state index contributed by atoms with van der Waals surface area (Å²) in [5, 5.41) is 55.3. The number of ether oxygens (including phenoxy) is 1. The van der Waals surface area contributed by atoms with Crippen LogP contribution >= 0.6 is 0 Å². The van der Waals surface area contributed by atoms with E-state index in [0.717, 1.165) is 0 Å². The summed E-state index contributed by atoms with van der Waals surface area (Å²) in [4.78, 5) is 35.7. The van der Waals surface area contributed by atoms with E-state index in [9.17, 15) is 30.0 Å². The first-order chi connectivity index (χ1) is 19.6. The highest BCUT2D eigenvalue weighted by molar-refractivity contribution is 5.80. The number of hydrogen-bond donors (Lipinski definition) is 7. The van der Waals surface area contributed by atoms with Gasteiger partial charge in [0.25, 0.3) is 0 Å². The topological polar surface area (TPSA) is 200 Å². The van der Waals surface area contributed by atoms with Crippen molar-refractivity contribution in [2.45, 2.75) is 75.1 Å². The fourth-order valence-electron chi connectivity index (χ4n) is 5.45. The molecule has 4 rings (SSSR count). The van der Waals surface area contributed by atoms with Gasteiger partial charge in [-0.2, -0.15) is 0 Å². The van der Waals surface area contributed by atoms with Gasteiger partial charge in [0.15, 0.2) is 5.43 Å². The van der Waals surface area contributed by atoms with Crippen molar-refractivity contribution in [1.29, 1.82) is 0 Å². The van der Waals surface area contributed by atoms with Gasteiger partial charge in [-0.1, -0.05) is 0 Å². The van der Waals surface area contributed by atoms with Gasteiger partial charge in [0.2, 0.25) is 5.91 Å². The van der Waals surface area contributed by atoms with Gasteiger partial charge >= 0.3 is 0 Å². The smallest absolute Gasteiger partial charge is 0.220 e. The zero-order chi connectivity index (χ0) is 29.7. The van der Waals surface area contributed by atoms with Crippen molar-refractivity contribution in [2.24, 2.45) is 5.92 Å². The predicted octanol–water partition coefficient (Wildman–Crippen LogP) is -0.946. The van der Waals surface area contributed by atoms with Crippen LogP contribution in [0.3, 0.4) is 0 Å². The molecule has 7 atom stereocenters. The Morgan fingerprint density at radius 1 is 1.10 bits per heavy atom. The van der Waals surface area contributed by atoms with Crippen molar-refractivity contribution in [2.75, 3.05) is 33.4 Å². The van der Waals surface area contributed by atoms with E-state index < -0.39 is 49.3 Å². The molecule has 228 valence electrons. The third kappa shape index (κ3) is 7.24. The summed E-state index contributed by atoms with van der Waals surface area (Å²) in [6, 6.07) is 4.83. The molecule has 0 radical (unpaired) electrons. The first-order valence-corrected chi connectivity index (χ1v) is 13.9. The van der Waals surface area contributed by atoms with Crippen molar-refractivity contribution in [1.82, 2.24) is 10.6 Å². The van der Waals surface area contributed by atoms with Gasteiger partial charge in [-0.15, -0.1) is 0 Å². The number of carbonyl (C=O) groups is 1. The molecule has 1 saturated heterocycles. The second-order valence-corrected chi connectivity index (χ2v) is 11.0. The fourth-order valence-corrected chi connectivity index (χ4v) is 5.45. The van der Waals surface area contributed by atoms with Crippen LogP contribution in [0.5, 0.6) is 5.75 Å². The number of aryl methyl sites for hydroxylation is 1. The maximum Gasteiger partial charge on any atom is 0.220 e. The van der Waals surface area contributed by atoms with Crippen LogP contribution < -0.4 is 20.8 Å². The minimum atomic E-state index is -1.81. The molecule has 3 heterocycles. The van der Waals surface area contributed by atoms with Gasteiger partial charge in [-0.3, -0.25) is 9.59 Å². The first kappa shape index (κ1) is 31.3. The second kappa shape index (κ2) is 13.6. The van der Waals surface area contributed by atoms with Crippen molar-refractivity contribution in [3.63, 3.8) is 0 Å². The number of benzene rings is 1. The maximum absolute atomic E-state index is 12.6. The number of hydrogen-bond acceptors (Lipinski definition) is 12. The zero-order valence-electron chi connectivity index (χ0n) is 23.2. The number of rotatable bonds is 14. The molecule has 1 aromatic carbocycles. The Morgan fingerprint density at radius 2 is 1.85 bits per heavy atom. The maximum atomic E-state index is 12.6. The molecule has 2 aromatic rings. The van der Waals surface area contributed by atoms with E-state index in [1.54, 1.807) is 19.1 Å². The summed E-state index contributed by atoms with van der Waals surface area (Å²) < 4.78 is 12.5. The van der Waals surface area contributed by atoms with E-state index in [4.69, 9.17) is 24.0 Å². The molecule has 0 spiro atoms. The Morgan fingerprint density at radius 3 is 2.54 bits per heavy atom. The average Bonchev–Trinajstić information content (AvgIpc) is 3.37. The minimum Gasteiger partial charge on any atom is -0.484 e. The molecule has 7 N–H and O–H groups in total. The van der Waals surface area contributed by atoms with Crippen LogP contribution in [0.15, 0.2) is 27.4 Å². The van der Waals surface area contributed by atoms with Crippen LogP contribution in [0.1, 0.15) is 37.0 Å². The number of aliphatic hydroxyl groups excluding tert-OH is 5. The quantitative estimate of drug-likeness (QED) is 0.107. The van der Waals surface area contributed by atoms with Crippen LogP contribution in [0.4, 0.5) is 0 Å². The predicted molar refractivity (Wildman–Crippen MR) is 145 cm³/mol. The number of amides is 1. The molecular formula is C28H40N2O11. The SMILES string of the molecule is CNCC[C@]1(CC[C@@H]2CNC(=O)C2)Oc2cc3oc(C)cc(=O)c3cc2C[C@H]1OOC[C@H](O)[C@@H](O)[C@H](O)[C@H](O)CO. The van der Waals surface area contributed by atoms with Crippen LogP contribution in [-0.2, 0) is 21.0 Å². The Bertz CT molecular complexity index is 1250. The lowest BCUT2D eigenvalue weighted by Gasteiger charge is -2.44. The molecule has 1 fully saturated rings. The summed E-state index contributed by atoms with van der Waals surface area (Å²) in [5.41, 5.74) is -0.0259. The number of fused-ring (bicyclic) bond motifs is 2. The molecule has 0 saturated carbocycles. The van der Waals surface area contributed by atoms with E-state index in [1.807, 2.05) is 7.05 Å². The Labute approximate surface area is 237 Å². The van der Waals surface area contributed by atoms with Crippen LogP contribution in [0.25, 0.3) is 11.0 Å². The van der Waals surface area contributed by atoms with Gasteiger partial charge < -0.3 is 45.3 Å².